The van der Waals surface area contributed by atoms with Gasteiger partial charge in [0.25, 0.3) is 5.91 Å². The summed E-state index contributed by atoms with van der Waals surface area (Å²) in [6.07, 6.45) is 4.52. The molecule has 1 aromatic rings. The maximum atomic E-state index is 12.4. The Labute approximate surface area is 142 Å². The van der Waals surface area contributed by atoms with Gasteiger partial charge in [-0.3, -0.25) is 9.59 Å². The third-order valence-electron chi connectivity index (χ3n) is 5.28. The zero-order chi connectivity index (χ0) is 16.4. The Morgan fingerprint density at radius 1 is 1.35 bits per heavy atom. The Morgan fingerprint density at radius 2 is 2.13 bits per heavy atom. The summed E-state index contributed by atoms with van der Waals surface area (Å²) in [4.78, 5) is 24.3. The van der Waals surface area contributed by atoms with Crippen LogP contribution in [-0.4, -0.2) is 23.9 Å². The second-order valence-corrected chi connectivity index (χ2v) is 7.08. The second-order valence-electron chi connectivity index (χ2n) is 6.67. The molecule has 124 valence electrons. The predicted molar refractivity (Wildman–Crippen MR) is 90.4 cm³/mol. The number of piperidine rings is 1. The number of fused-ring (bicyclic) bond motifs is 1. The van der Waals surface area contributed by atoms with Crippen LogP contribution in [0.2, 0.25) is 5.02 Å². The van der Waals surface area contributed by atoms with Crippen LogP contribution in [0.3, 0.4) is 0 Å². The molecule has 0 radical (unpaired) electrons. The lowest BCUT2D eigenvalue weighted by Gasteiger charge is -2.44. The maximum absolute atomic E-state index is 12.4. The van der Waals surface area contributed by atoms with Crippen LogP contribution < -0.4 is 10.6 Å². The highest BCUT2D eigenvalue weighted by atomic mass is 35.5. The highest BCUT2D eigenvalue weighted by Crippen LogP contribution is 2.37. The van der Waals surface area contributed by atoms with E-state index in [-0.39, 0.29) is 23.9 Å². The second kappa shape index (κ2) is 6.91. The van der Waals surface area contributed by atoms with Gasteiger partial charge in [0.2, 0.25) is 5.91 Å². The number of carbonyl (C=O) groups is 2. The Morgan fingerprint density at radius 3 is 2.87 bits per heavy atom. The molecule has 4 nitrogen and oxygen atoms in total. The third kappa shape index (κ3) is 3.52. The van der Waals surface area contributed by atoms with Crippen molar-refractivity contribution in [2.24, 2.45) is 11.8 Å². The number of carbonyl (C=O) groups excluding carboxylic acids is 2. The molecule has 5 heteroatoms. The fraction of sp³-hybridized carbons (Fsp3) is 0.556. The molecule has 1 aliphatic carbocycles. The van der Waals surface area contributed by atoms with E-state index in [0.29, 0.717) is 28.8 Å². The molecule has 1 saturated heterocycles. The van der Waals surface area contributed by atoms with E-state index < -0.39 is 0 Å². The minimum Gasteiger partial charge on any atom is -0.353 e. The molecule has 0 aromatic heterocycles. The van der Waals surface area contributed by atoms with Crippen LogP contribution in [0.1, 0.15) is 49.4 Å². The zero-order valence-corrected chi connectivity index (χ0v) is 14.1. The maximum Gasteiger partial charge on any atom is 0.253 e. The number of amides is 2. The van der Waals surface area contributed by atoms with Crippen molar-refractivity contribution >= 4 is 23.4 Å². The number of benzene rings is 1. The lowest BCUT2D eigenvalue weighted by Crippen LogP contribution is -2.55. The molecule has 1 aliphatic heterocycles. The van der Waals surface area contributed by atoms with E-state index in [1.165, 1.54) is 0 Å². The largest absolute Gasteiger partial charge is 0.353 e. The molecule has 4 unspecified atom stereocenters. The van der Waals surface area contributed by atoms with Crippen molar-refractivity contribution in [1.82, 2.24) is 10.6 Å². The summed E-state index contributed by atoms with van der Waals surface area (Å²) >= 11 is 6.09. The lowest BCUT2D eigenvalue weighted by molar-refractivity contribution is -0.127. The highest BCUT2D eigenvalue weighted by molar-refractivity contribution is 6.33. The third-order valence-corrected chi connectivity index (χ3v) is 5.61. The van der Waals surface area contributed by atoms with Crippen molar-refractivity contribution in [2.45, 2.75) is 51.1 Å². The Hall–Kier alpha value is -1.55. The first kappa shape index (κ1) is 16.3. The van der Waals surface area contributed by atoms with E-state index in [1.807, 2.05) is 12.1 Å². The van der Waals surface area contributed by atoms with Crippen LogP contribution in [0.5, 0.6) is 0 Å². The molecule has 1 aromatic carbocycles. The molecule has 2 N–H and O–H groups in total. The number of halogens is 1. The molecule has 2 amide bonds. The Kier molecular flexibility index (Phi) is 4.90. The molecule has 23 heavy (non-hydrogen) atoms. The fourth-order valence-electron chi connectivity index (χ4n) is 4.07. The summed E-state index contributed by atoms with van der Waals surface area (Å²) in [6, 6.07) is 7.36. The monoisotopic (exact) mass is 334 g/mol. The smallest absolute Gasteiger partial charge is 0.253 e. The van der Waals surface area contributed by atoms with E-state index in [4.69, 9.17) is 11.6 Å². The van der Waals surface area contributed by atoms with Crippen LogP contribution in [0.15, 0.2) is 24.3 Å². The van der Waals surface area contributed by atoms with Gasteiger partial charge in [0.1, 0.15) is 0 Å². The normalized spacial score (nSPS) is 30.3. The van der Waals surface area contributed by atoms with Crippen LogP contribution in [-0.2, 0) is 4.79 Å². The van der Waals surface area contributed by atoms with E-state index in [0.717, 1.165) is 25.7 Å². The topological polar surface area (TPSA) is 58.2 Å². The zero-order valence-electron chi connectivity index (χ0n) is 13.3. The summed E-state index contributed by atoms with van der Waals surface area (Å²) in [5.41, 5.74) is 0.510. The van der Waals surface area contributed by atoms with Gasteiger partial charge in [0.05, 0.1) is 10.6 Å². The van der Waals surface area contributed by atoms with Crippen molar-refractivity contribution in [3.8, 4) is 0 Å². The van der Waals surface area contributed by atoms with Crippen molar-refractivity contribution in [3.63, 3.8) is 0 Å². The summed E-state index contributed by atoms with van der Waals surface area (Å²) in [5, 5.41) is 6.67. The summed E-state index contributed by atoms with van der Waals surface area (Å²) in [6.45, 7) is 2.16. The van der Waals surface area contributed by atoms with E-state index >= 15 is 0 Å². The average Bonchev–Trinajstić information content (AvgIpc) is 2.54. The van der Waals surface area contributed by atoms with Crippen molar-refractivity contribution < 1.29 is 9.59 Å². The minimum atomic E-state index is -0.131. The first-order valence-corrected chi connectivity index (χ1v) is 8.81. The van der Waals surface area contributed by atoms with Gasteiger partial charge in [-0.25, -0.2) is 0 Å². The average molecular weight is 335 g/mol. The molecular formula is C18H23ClN2O2. The Balaban J connectivity index is 1.64. The highest BCUT2D eigenvalue weighted by Gasteiger charge is 2.40. The number of rotatable bonds is 3. The quantitative estimate of drug-likeness (QED) is 0.892. The SMILES string of the molecule is CCC1CC(=O)NC2CC(NC(=O)c3ccccc3Cl)CCC12. The van der Waals surface area contributed by atoms with Crippen LogP contribution in [0.25, 0.3) is 0 Å². The van der Waals surface area contributed by atoms with Gasteiger partial charge >= 0.3 is 0 Å². The van der Waals surface area contributed by atoms with Crippen LogP contribution >= 0.6 is 11.6 Å². The van der Waals surface area contributed by atoms with Crippen molar-refractivity contribution in [2.75, 3.05) is 0 Å². The molecular weight excluding hydrogens is 312 g/mol. The van der Waals surface area contributed by atoms with Gasteiger partial charge in [-0.2, -0.15) is 0 Å². The number of nitrogens with one attached hydrogen (secondary N) is 2. The van der Waals surface area contributed by atoms with Gasteiger partial charge in [-0.1, -0.05) is 37.1 Å². The van der Waals surface area contributed by atoms with Gasteiger partial charge < -0.3 is 10.6 Å². The van der Waals surface area contributed by atoms with Crippen LogP contribution in [0, 0.1) is 11.8 Å². The van der Waals surface area contributed by atoms with Gasteiger partial charge in [0.15, 0.2) is 0 Å². The van der Waals surface area contributed by atoms with E-state index in [9.17, 15) is 9.59 Å². The van der Waals surface area contributed by atoms with Gasteiger partial charge in [-0.15, -0.1) is 0 Å². The molecule has 2 fully saturated rings. The standard InChI is InChI=1S/C18H23ClN2O2/c1-2-11-9-17(22)21-16-10-12(7-8-13(11)16)20-18(23)14-5-3-4-6-15(14)19/h3-6,11-13,16H,2,7-10H2,1H3,(H,20,23)(H,21,22). The fourth-order valence-corrected chi connectivity index (χ4v) is 4.29. The molecule has 4 atom stereocenters. The molecule has 3 rings (SSSR count). The molecule has 1 heterocycles. The summed E-state index contributed by atoms with van der Waals surface area (Å²) < 4.78 is 0. The minimum absolute atomic E-state index is 0.0935. The Bertz CT molecular complexity index is 604. The number of hydrogen-bond acceptors (Lipinski definition) is 2. The molecule has 0 bridgehead atoms. The number of hydrogen-bond donors (Lipinski definition) is 2. The summed E-state index contributed by atoms with van der Waals surface area (Å²) in [7, 11) is 0. The van der Waals surface area contributed by atoms with E-state index in [2.05, 4.69) is 17.6 Å². The van der Waals surface area contributed by atoms with E-state index in [1.54, 1.807) is 12.1 Å². The first-order valence-electron chi connectivity index (χ1n) is 8.43. The first-order chi connectivity index (χ1) is 11.1. The molecule has 0 spiro atoms. The summed E-state index contributed by atoms with van der Waals surface area (Å²) in [5.74, 6) is 1.05. The van der Waals surface area contributed by atoms with Gasteiger partial charge in [-0.05, 0) is 43.2 Å². The van der Waals surface area contributed by atoms with Gasteiger partial charge in [0, 0.05) is 18.5 Å². The van der Waals surface area contributed by atoms with Crippen LogP contribution in [0.4, 0.5) is 0 Å². The van der Waals surface area contributed by atoms with Crippen molar-refractivity contribution in [1.29, 1.82) is 0 Å². The lowest BCUT2D eigenvalue weighted by atomic mass is 9.70. The molecule has 1 saturated carbocycles. The molecule has 2 aliphatic rings. The predicted octanol–water partition coefficient (Wildman–Crippen LogP) is 3.15. The van der Waals surface area contributed by atoms with Crippen molar-refractivity contribution in [3.05, 3.63) is 34.9 Å².